The summed E-state index contributed by atoms with van der Waals surface area (Å²) in [6, 6.07) is 20.4. The standard InChI is InChI=1S/C28H29N7/c1-17-20(16-29)15-28(17,2)27-34-24(25-26(30)31-12-13-35(25)27)19-9-8-18-10-11-23(33-22(18)14-19)32-21-6-4-3-5-7-21/h3-14,17,20H,15-16,29H2,1-2H3,(H2,30,31)(H,32,33). The third-order valence-electron chi connectivity index (χ3n) is 7.81. The van der Waals surface area contributed by atoms with Gasteiger partial charge in [-0.25, -0.2) is 15.0 Å². The number of nitrogens with two attached hydrogens (primary N) is 2. The van der Waals surface area contributed by atoms with E-state index in [0.717, 1.165) is 51.4 Å². The number of fused-ring (bicyclic) bond motifs is 2. The first kappa shape index (κ1) is 21.6. The summed E-state index contributed by atoms with van der Waals surface area (Å²) < 4.78 is 2.12. The van der Waals surface area contributed by atoms with Crippen molar-refractivity contribution in [3.8, 4) is 11.3 Å². The van der Waals surface area contributed by atoms with Gasteiger partial charge in [-0.15, -0.1) is 0 Å². The van der Waals surface area contributed by atoms with Crippen LogP contribution in [-0.4, -0.2) is 25.9 Å². The summed E-state index contributed by atoms with van der Waals surface area (Å²) in [4.78, 5) is 14.4. The lowest BCUT2D eigenvalue weighted by molar-refractivity contribution is 0.0580. The van der Waals surface area contributed by atoms with Crippen LogP contribution in [0.3, 0.4) is 0 Å². The molecule has 0 spiro atoms. The molecule has 176 valence electrons. The van der Waals surface area contributed by atoms with Gasteiger partial charge in [0.2, 0.25) is 0 Å². The van der Waals surface area contributed by atoms with Crippen molar-refractivity contribution in [3.05, 3.63) is 78.9 Å². The van der Waals surface area contributed by atoms with E-state index in [-0.39, 0.29) is 5.41 Å². The van der Waals surface area contributed by atoms with E-state index < -0.39 is 0 Å². The third kappa shape index (κ3) is 3.42. The normalized spacial score (nSPS) is 21.8. The van der Waals surface area contributed by atoms with Gasteiger partial charge in [0.15, 0.2) is 0 Å². The van der Waals surface area contributed by atoms with Crippen molar-refractivity contribution < 1.29 is 0 Å². The van der Waals surface area contributed by atoms with E-state index in [1.165, 1.54) is 0 Å². The van der Waals surface area contributed by atoms with Gasteiger partial charge in [0.1, 0.15) is 28.7 Å². The number of para-hydroxylation sites is 1. The second kappa shape index (κ2) is 8.06. The number of pyridine rings is 1. The molecule has 6 rings (SSSR count). The number of imidazole rings is 1. The van der Waals surface area contributed by atoms with Gasteiger partial charge in [0, 0.05) is 34.4 Å². The molecule has 2 aromatic carbocycles. The van der Waals surface area contributed by atoms with Crippen molar-refractivity contribution in [2.75, 3.05) is 17.6 Å². The van der Waals surface area contributed by atoms with Crippen LogP contribution in [0.15, 0.2) is 73.1 Å². The fraction of sp³-hybridized carbons (Fsp3) is 0.250. The van der Waals surface area contributed by atoms with Crippen LogP contribution >= 0.6 is 0 Å². The van der Waals surface area contributed by atoms with Gasteiger partial charge in [0.05, 0.1) is 5.52 Å². The number of nitrogen functional groups attached to an aromatic ring is 1. The smallest absolute Gasteiger partial charge is 0.150 e. The summed E-state index contributed by atoms with van der Waals surface area (Å²) in [5.74, 6) is 3.22. The van der Waals surface area contributed by atoms with Crippen LogP contribution < -0.4 is 16.8 Å². The molecule has 3 aromatic heterocycles. The van der Waals surface area contributed by atoms with E-state index in [2.05, 4.69) is 52.8 Å². The average molecular weight is 464 g/mol. The molecule has 3 heterocycles. The Morgan fingerprint density at radius 2 is 1.89 bits per heavy atom. The number of hydrogen-bond acceptors (Lipinski definition) is 6. The lowest BCUT2D eigenvalue weighted by atomic mass is 9.55. The first-order valence-electron chi connectivity index (χ1n) is 12.0. The Bertz CT molecular complexity index is 1540. The monoisotopic (exact) mass is 463 g/mol. The van der Waals surface area contributed by atoms with Gasteiger partial charge in [-0.1, -0.05) is 44.2 Å². The Morgan fingerprint density at radius 1 is 1.09 bits per heavy atom. The largest absolute Gasteiger partial charge is 0.382 e. The van der Waals surface area contributed by atoms with E-state index >= 15 is 0 Å². The summed E-state index contributed by atoms with van der Waals surface area (Å²) >= 11 is 0. The van der Waals surface area contributed by atoms with Crippen LogP contribution in [-0.2, 0) is 5.41 Å². The van der Waals surface area contributed by atoms with Crippen molar-refractivity contribution in [2.24, 2.45) is 17.6 Å². The Hall–Kier alpha value is -3.97. The van der Waals surface area contributed by atoms with Crippen molar-refractivity contribution in [1.82, 2.24) is 19.4 Å². The lowest BCUT2D eigenvalue weighted by Gasteiger charge is -2.50. The minimum Gasteiger partial charge on any atom is -0.382 e. The highest BCUT2D eigenvalue weighted by molar-refractivity contribution is 5.91. The zero-order valence-electron chi connectivity index (χ0n) is 19.9. The van der Waals surface area contributed by atoms with E-state index in [4.69, 9.17) is 21.4 Å². The summed E-state index contributed by atoms with van der Waals surface area (Å²) in [6.45, 7) is 5.25. The van der Waals surface area contributed by atoms with Gasteiger partial charge in [-0.3, -0.25) is 4.40 Å². The molecule has 3 unspecified atom stereocenters. The van der Waals surface area contributed by atoms with Gasteiger partial charge in [-0.05, 0) is 55.1 Å². The molecule has 0 aliphatic heterocycles. The zero-order valence-corrected chi connectivity index (χ0v) is 19.9. The molecular weight excluding hydrogens is 434 g/mol. The molecule has 5 aromatic rings. The maximum atomic E-state index is 6.40. The van der Waals surface area contributed by atoms with Crippen LogP contribution in [0.4, 0.5) is 17.3 Å². The van der Waals surface area contributed by atoms with E-state index in [1.54, 1.807) is 6.20 Å². The number of hydrogen-bond donors (Lipinski definition) is 3. The lowest BCUT2D eigenvalue weighted by Crippen LogP contribution is -2.51. The molecule has 0 bridgehead atoms. The summed E-state index contributed by atoms with van der Waals surface area (Å²) in [7, 11) is 0. The van der Waals surface area contributed by atoms with E-state index in [0.29, 0.717) is 24.2 Å². The van der Waals surface area contributed by atoms with Gasteiger partial charge in [-0.2, -0.15) is 0 Å². The Labute approximate surface area is 204 Å². The molecule has 0 saturated heterocycles. The highest BCUT2D eigenvalue weighted by Gasteiger charge is 2.50. The molecule has 5 N–H and O–H groups in total. The maximum Gasteiger partial charge on any atom is 0.150 e. The molecule has 7 heteroatoms. The summed E-state index contributed by atoms with van der Waals surface area (Å²) in [5.41, 5.74) is 16.9. The average Bonchev–Trinajstić information content (AvgIpc) is 3.28. The molecule has 3 atom stereocenters. The van der Waals surface area contributed by atoms with Crippen LogP contribution in [0, 0.1) is 11.8 Å². The van der Waals surface area contributed by atoms with Crippen LogP contribution in [0.25, 0.3) is 27.7 Å². The summed E-state index contributed by atoms with van der Waals surface area (Å²) in [6.07, 6.45) is 4.72. The highest BCUT2D eigenvalue weighted by Crippen LogP contribution is 2.52. The van der Waals surface area contributed by atoms with Gasteiger partial charge < -0.3 is 16.8 Å². The molecule has 1 saturated carbocycles. The Kier molecular flexibility index (Phi) is 4.96. The predicted octanol–water partition coefficient (Wildman–Crippen LogP) is 5.14. The molecule has 35 heavy (non-hydrogen) atoms. The summed E-state index contributed by atoms with van der Waals surface area (Å²) in [5, 5.41) is 4.44. The number of nitrogens with one attached hydrogen (secondary N) is 1. The number of rotatable bonds is 5. The van der Waals surface area contributed by atoms with Gasteiger partial charge in [0.25, 0.3) is 0 Å². The van der Waals surface area contributed by atoms with E-state index in [9.17, 15) is 0 Å². The molecule has 1 aliphatic rings. The number of nitrogens with zero attached hydrogens (tertiary/aromatic N) is 4. The molecule has 7 nitrogen and oxygen atoms in total. The minimum absolute atomic E-state index is 0.0686. The van der Waals surface area contributed by atoms with Crippen LogP contribution in [0.5, 0.6) is 0 Å². The maximum absolute atomic E-state index is 6.40. The first-order valence-corrected chi connectivity index (χ1v) is 12.0. The fourth-order valence-corrected chi connectivity index (χ4v) is 5.52. The topological polar surface area (TPSA) is 107 Å². The molecule has 0 amide bonds. The second-order valence-corrected chi connectivity index (χ2v) is 9.82. The quantitative estimate of drug-likeness (QED) is 0.333. The highest BCUT2D eigenvalue weighted by atomic mass is 15.1. The predicted molar refractivity (Wildman–Crippen MR) is 142 cm³/mol. The fourth-order valence-electron chi connectivity index (χ4n) is 5.52. The number of benzene rings is 2. The van der Waals surface area contributed by atoms with Crippen molar-refractivity contribution >= 4 is 33.7 Å². The minimum atomic E-state index is -0.0686. The van der Waals surface area contributed by atoms with Crippen molar-refractivity contribution in [1.29, 1.82) is 0 Å². The van der Waals surface area contributed by atoms with Gasteiger partial charge >= 0.3 is 0 Å². The molecule has 1 aliphatic carbocycles. The van der Waals surface area contributed by atoms with Crippen molar-refractivity contribution in [3.63, 3.8) is 0 Å². The van der Waals surface area contributed by atoms with Crippen molar-refractivity contribution in [2.45, 2.75) is 25.7 Å². The molecule has 1 fully saturated rings. The van der Waals surface area contributed by atoms with E-state index in [1.807, 2.05) is 42.6 Å². The van der Waals surface area contributed by atoms with Crippen LogP contribution in [0.1, 0.15) is 26.1 Å². The first-order chi connectivity index (χ1) is 17.0. The third-order valence-corrected chi connectivity index (χ3v) is 7.81. The van der Waals surface area contributed by atoms with Crippen LogP contribution in [0.2, 0.25) is 0 Å². The SMILES string of the molecule is CC1C(CN)CC1(C)c1nc(-c2ccc3ccc(Nc4ccccc4)nc3c2)c2c(N)nccn12. The Morgan fingerprint density at radius 3 is 2.66 bits per heavy atom. The zero-order chi connectivity index (χ0) is 24.2. The molecule has 0 radical (unpaired) electrons. The number of anilines is 3. The number of aromatic nitrogens is 4. The Balaban J connectivity index is 1.46. The molecular formula is C28H29N7. The second-order valence-electron chi connectivity index (χ2n) is 9.82.